The molecule has 0 radical (unpaired) electrons. The lowest BCUT2D eigenvalue weighted by Gasteiger charge is -2.28. The van der Waals surface area contributed by atoms with Gasteiger partial charge in [-0.3, -0.25) is 4.79 Å². The lowest BCUT2D eigenvalue weighted by molar-refractivity contribution is -0.131. The summed E-state index contributed by atoms with van der Waals surface area (Å²) >= 11 is 0. The summed E-state index contributed by atoms with van der Waals surface area (Å²) in [6, 6.07) is 7.67. The first-order valence-electron chi connectivity index (χ1n) is 6.73. The Hall–Kier alpha value is -1.55. The Balaban J connectivity index is 2.73. The van der Waals surface area contributed by atoms with Gasteiger partial charge in [-0.05, 0) is 18.9 Å². The second-order valence-corrected chi connectivity index (χ2v) is 4.69. The third kappa shape index (κ3) is 3.47. The number of hydrogen-bond acceptors (Lipinski definition) is 3. The summed E-state index contributed by atoms with van der Waals surface area (Å²) in [6.45, 7) is 4.83. The molecule has 3 N–H and O–H groups in total. The molecule has 0 atom stereocenters. The van der Waals surface area contributed by atoms with E-state index < -0.39 is 5.41 Å². The smallest absolute Gasteiger partial charge is 0.227 e. The van der Waals surface area contributed by atoms with E-state index in [2.05, 4.69) is 5.32 Å². The van der Waals surface area contributed by atoms with E-state index in [0.717, 1.165) is 24.2 Å². The van der Waals surface area contributed by atoms with Crippen molar-refractivity contribution in [1.82, 2.24) is 5.32 Å². The maximum Gasteiger partial charge on any atom is 0.227 e. The number of ether oxygens (including phenoxy) is 1. The minimum Gasteiger partial charge on any atom is -0.496 e. The molecule has 0 bridgehead atoms. The number of benzene rings is 1. The normalized spacial score (nSPS) is 11.2. The van der Waals surface area contributed by atoms with Gasteiger partial charge in [0.05, 0.1) is 12.5 Å². The summed E-state index contributed by atoms with van der Waals surface area (Å²) in [6.07, 6.45) is 1.50. The number of nitrogens with one attached hydrogen (secondary N) is 1. The van der Waals surface area contributed by atoms with Gasteiger partial charge < -0.3 is 15.8 Å². The Morgan fingerprint density at radius 3 is 2.47 bits per heavy atom. The molecule has 0 unspecified atom stereocenters. The van der Waals surface area contributed by atoms with Gasteiger partial charge in [-0.15, -0.1) is 0 Å². The van der Waals surface area contributed by atoms with Gasteiger partial charge in [-0.2, -0.15) is 0 Å². The molecule has 106 valence electrons. The van der Waals surface area contributed by atoms with Crippen LogP contribution in [-0.4, -0.2) is 19.6 Å². The molecule has 0 aliphatic heterocycles. The van der Waals surface area contributed by atoms with Crippen LogP contribution in [0.15, 0.2) is 24.3 Å². The van der Waals surface area contributed by atoms with Crippen LogP contribution in [-0.2, 0) is 11.3 Å². The van der Waals surface area contributed by atoms with Crippen LogP contribution in [0.5, 0.6) is 5.75 Å². The highest BCUT2D eigenvalue weighted by atomic mass is 16.5. The molecule has 0 aromatic heterocycles. The maximum absolute atomic E-state index is 12.3. The highest BCUT2D eigenvalue weighted by Gasteiger charge is 2.32. The summed E-state index contributed by atoms with van der Waals surface area (Å²) in [4.78, 5) is 12.3. The monoisotopic (exact) mass is 264 g/mol. The van der Waals surface area contributed by atoms with Gasteiger partial charge in [-0.1, -0.05) is 32.0 Å². The van der Waals surface area contributed by atoms with Crippen LogP contribution in [0.2, 0.25) is 0 Å². The van der Waals surface area contributed by atoms with Crippen LogP contribution in [0.3, 0.4) is 0 Å². The van der Waals surface area contributed by atoms with Crippen molar-refractivity contribution in [1.29, 1.82) is 0 Å². The van der Waals surface area contributed by atoms with E-state index >= 15 is 0 Å². The fourth-order valence-corrected chi connectivity index (χ4v) is 2.16. The molecule has 1 rings (SSSR count). The van der Waals surface area contributed by atoms with Crippen molar-refractivity contribution >= 4 is 5.91 Å². The molecule has 0 fully saturated rings. The van der Waals surface area contributed by atoms with Crippen LogP contribution < -0.4 is 15.8 Å². The zero-order valence-electron chi connectivity index (χ0n) is 12.0. The number of carbonyl (C=O) groups excluding carboxylic acids is 1. The second kappa shape index (κ2) is 7.14. The number of methoxy groups -OCH3 is 1. The average molecular weight is 264 g/mol. The van der Waals surface area contributed by atoms with Gasteiger partial charge >= 0.3 is 0 Å². The molecule has 1 aromatic carbocycles. The standard InChI is InChI=1S/C15H24N2O2/c1-4-15(5-2,11-16)14(18)17-10-12-8-6-7-9-13(12)19-3/h6-9H,4-5,10-11,16H2,1-3H3,(H,17,18). The number of rotatable bonds is 7. The minimum absolute atomic E-state index is 0.0194. The Kier molecular flexibility index (Phi) is 5.83. The van der Waals surface area contributed by atoms with Crippen molar-refractivity contribution in [3.63, 3.8) is 0 Å². The maximum atomic E-state index is 12.3. The predicted octanol–water partition coefficient (Wildman–Crippen LogP) is 2.08. The lowest BCUT2D eigenvalue weighted by atomic mass is 9.81. The minimum atomic E-state index is -0.456. The van der Waals surface area contributed by atoms with Crippen molar-refractivity contribution in [3.8, 4) is 5.75 Å². The highest BCUT2D eigenvalue weighted by molar-refractivity contribution is 5.82. The number of para-hydroxylation sites is 1. The number of nitrogens with two attached hydrogens (primary N) is 1. The third-order valence-electron chi connectivity index (χ3n) is 3.86. The van der Waals surface area contributed by atoms with Gasteiger partial charge in [0.15, 0.2) is 0 Å². The summed E-state index contributed by atoms with van der Waals surface area (Å²) in [7, 11) is 1.63. The van der Waals surface area contributed by atoms with Crippen molar-refractivity contribution in [2.24, 2.45) is 11.1 Å². The third-order valence-corrected chi connectivity index (χ3v) is 3.86. The van der Waals surface area contributed by atoms with E-state index in [0.29, 0.717) is 13.1 Å². The summed E-state index contributed by atoms with van der Waals surface area (Å²) in [5, 5.41) is 2.97. The molecule has 0 heterocycles. The van der Waals surface area contributed by atoms with Crippen molar-refractivity contribution in [2.75, 3.05) is 13.7 Å². The van der Waals surface area contributed by atoms with Crippen LogP contribution in [0, 0.1) is 5.41 Å². The van der Waals surface area contributed by atoms with Crippen LogP contribution in [0.25, 0.3) is 0 Å². The summed E-state index contributed by atoms with van der Waals surface area (Å²) in [5.74, 6) is 0.806. The molecule has 4 nitrogen and oxygen atoms in total. The zero-order valence-corrected chi connectivity index (χ0v) is 12.0. The van der Waals surface area contributed by atoms with Gasteiger partial charge in [0, 0.05) is 18.7 Å². The molecule has 0 aliphatic rings. The molecule has 0 saturated carbocycles. The molecule has 1 aromatic rings. The van der Waals surface area contributed by atoms with E-state index in [1.54, 1.807) is 7.11 Å². The van der Waals surface area contributed by atoms with E-state index in [4.69, 9.17) is 10.5 Å². The number of hydrogen-bond donors (Lipinski definition) is 2. The van der Waals surface area contributed by atoms with E-state index in [9.17, 15) is 4.79 Å². The van der Waals surface area contributed by atoms with E-state index in [1.165, 1.54) is 0 Å². The fourth-order valence-electron chi connectivity index (χ4n) is 2.16. The SMILES string of the molecule is CCC(CC)(CN)C(=O)NCc1ccccc1OC. The molecule has 1 amide bonds. The first kappa shape index (κ1) is 15.5. The molecule has 0 spiro atoms. The average Bonchev–Trinajstić information content (AvgIpc) is 2.47. The van der Waals surface area contributed by atoms with Crippen molar-refractivity contribution < 1.29 is 9.53 Å². The largest absolute Gasteiger partial charge is 0.496 e. The fraction of sp³-hybridized carbons (Fsp3) is 0.533. The Labute approximate surface area is 115 Å². The first-order valence-corrected chi connectivity index (χ1v) is 6.73. The van der Waals surface area contributed by atoms with Gasteiger partial charge in [0.25, 0.3) is 0 Å². The van der Waals surface area contributed by atoms with Gasteiger partial charge in [0.2, 0.25) is 5.91 Å². The second-order valence-electron chi connectivity index (χ2n) is 4.69. The molecule has 19 heavy (non-hydrogen) atoms. The Morgan fingerprint density at radius 1 is 1.32 bits per heavy atom. The van der Waals surface area contributed by atoms with Gasteiger partial charge in [0.1, 0.15) is 5.75 Å². The number of carbonyl (C=O) groups is 1. The number of amides is 1. The molecule has 0 saturated heterocycles. The topological polar surface area (TPSA) is 64.4 Å². The Bertz CT molecular complexity index is 406. The van der Waals surface area contributed by atoms with Crippen molar-refractivity contribution in [2.45, 2.75) is 33.2 Å². The lowest BCUT2D eigenvalue weighted by Crippen LogP contribution is -2.45. The van der Waals surface area contributed by atoms with Gasteiger partial charge in [-0.25, -0.2) is 0 Å². The molecule has 0 aliphatic carbocycles. The van der Waals surface area contributed by atoms with E-state index in [-0.39, 0.29) is 5.91 Å². The summed E-state index contributed by atoms with van der Waals surface area (Å²) in [5.41, 5.74) is 6.28. The Morgan fingerprint density at radius 2 is 1.95 bits per heavy atom. The molecular formula is C15H24N2O2. The quantitative estimate of drug-likeness (QED) is 0.792. The van der Waals surface area contributed by atoms with Crippen molar-refractivity contribution in [3.05, 3.63) is 29.8 Å². The molecular weight excluding hydrogens is 240 g/mol. The van der Waals surface area contributed by atoms with Crippen LogP contribution in [0.1, 0.15) is 32.3 Å². The zero-order chi connectivity index (χ0) is 14.3. The van der Waals surface area contributed by atoms with Crippen LogP contribution in [0.4, 0.5) is 0 Å². The predicted molar refractivity (Wildman–Crippen MR) is 76.9 cm³/mol. The van der Waals surface area contributed by atoms with E-state index in [1.807, 2.05) is 38.1 Å². The van der Waals surface area contributed by atoms with Crippen LogP contribution >= 0.6 is 0 Å². The molecule has 4 heteroatoms. The highest BCUT2D eigenvalue weighted by Crippen LogP contribution is 2.25. The summed E-state index contributed by atoms with van der Waals surface area (Å²) < 4.78 is 5.27. The first-order chi connectivity index (χ1) is 9.13.